The van der Waals surface area contributed by atoms with Crippen LogP contribution in [0.3, 0.4) is 0 Å². The summed E-state index contributed by atoms with van der Waals surface area (Å²) in [6.07, 6.45) is 1.97. The fourth-order valence-corrected chi connectivity index (χ4v) is 2.31. The predicted molar refractivity (Wildman–Crippen MR) is 75.5 cm³/mol. The van der Waals surface area contributed by atoms with E-state index in [-0.39, 0.29) is 5.69 Å². The van der Waals surface area contributed by atoms with Crippen molar-refractivity contribution in [2.24, 2.45) is 0 Å². The number of nitro benzene ring substituents is 1. The third-order valence-electron chi connectivity index (χ3n) is 3.46. The van der Waals surface area contributed by atoms with Crippen molar-refractivity contribution in [3.63, 3.8) is 0 Å². The molecule has 3 rings (SSSR count). The van der Waals surface area contributed by atoms with Crippen LogP contribution in [-0.4, -0.2) is 28.2 Å². The molecule has 110 valence electrons. The molecule has 0 spiro atoms. The normalized spacial score (nSPS) is 15.8. The molecule has 1 aliphatic heterocycles. The highest BCUT2D eigenvalue weighted by Crippen LogP contribution is 2.26. The van der Waals surface area contributed by atoms with Crippen LogP contribution in [-0.2, 0) is 0 Å². The van der Waals surface area contributed by atoms with Crippen LogP contribution in [0.2, 0.25) is 0 Å². The second kappa shape index (κ2) is 5.88. The van der Waals surface area contributed by atoms with Crippen molar-refractivity contribution in [3.8, 4) is 0 Å². The molecule has 0 radical (unpaired) electrons. The fourth-order valence-electron chi connectivity index (χ4n) is 2.31. The smallest absolute Gasteiger partial charge is 0.320 e. The standard InChI is InChI=1S/C13H15N5O3/c19-18(20)11-3-1-10(2-4-11)15-13-17-16-12(21-13)9-5-7-14-8-6-9/h1-4,9,14H,5-8H2,(H,15,17). The van der Waals surface area contributed by atoms with E-state index in [2.05, 4.69) is 20.8 Å². The molecule has 1 saturated heterocycles. The van der Waals surface area contributed by atoms with E-state index >= 15 is 0 Å². The summed E-state index contributed by atoms with van der Waals surface area (Å²) in [5.74, 6) is 0.937. The number of hydrogen-bond acceptors (Lipinski definition) is 7. The van der Waals surface area contributed by atoms with Gasteiger partial charge in [0.2, 0.25) is 5.89 Å². The topological polar surface area (TPSA) is 106 Å². The van der Waals surface area contributed by atoms with Gasteiger partial charge in [-0.25, -0.2) is 0 Å². The molecule has 2 aromatic rings. The molecule has 0 amide bonds. The molecule has 1 aromatic heterocycles. The van der Waals surface area contributed by atoms with Crippen molar-refractivity contribution in [3.05, 3.63) is 40.3 Å². The largest absolute Gasteiger partial charge is 0.408 e. The van der Waals surface area contributed by atoms with Crippen LogP contribution in [0.25, 0.3) is 0 Å². The molecule has 2 heterocycles. The summed E-state index contributed by atoms with van der Waals surface area (Å²) in [4.78, 5) is 10.1. The van der Waals surface area contributed by atoms with Crippen molar-refractivity contribution in [2.45, 2.75) is 18.8 Å². The number of rotatable bonds is 4. The molecule has 0 atom stereocenters. The van der Waals surface area contributed by atoms with Gasteiger partial charge in [-0.2, -0.15) is 0 Å². The zero-order valence-corrected chi connectivity index (χ0v) is 11.3. The van der Waals surface area contributed by atoms with Crippen LogP contribution in [0.4, 0.5) is 17.4 Å². The Balaban J connectivity index is 1.67. The number of benzene rings is 1. The molecular formula is C13H15N5O3. The molecule has 0 saturated carbocycles. The third-order valence-corrected chi connectivity index (χ3v) is 3.46. The lowest BCUT2D eigenvalue weighted by molar-refractivity contribution is -0.384. The number of aromatic nitrogens is 2. The van der Waals surface area contributed by atoms with E-state index in [4.69, 9.17) is 4.42 Å². The maximum Gasteiger partial charge on any atom is 0.320 e. The summed E-state index contributed by atoms with van der Waals surface area (Å²) in [6, 6.07) is 6.36. The number of non-ortho nitro benzene ring substituents is 1. The summed E-state index contributed by atoms with van der Waals surface area (Å²) in [5.41, 5.74) is 0.711. The second-order valence-corrected chi connectivity index (χ2v) is 4.90. The third kappa shape index (κ3) is 3.16. The van der Waals surface area contributed by atoms with Gasteiger partial charge < -0.3 is 15.1 Å². The van der Waals surface area contributed by atoms with E-state index in [1.807, 2.05) is 0 Å². The summed E-state index contributed by atoms with van der Waals surface area (Å²) < 4.78 is 5.61. The van der Waals surface area contributed by atoms with Crippen molar-refractivity contribution in [2.75, 3.05) is 18.4 Å². The highest BCUT2D eigenvalue weighted by atomic mass is 16.6. The summed E-state index contributed by atoms with van der Waals surface area (Å²) in [5, 5.41) is 24.9. The maximum absolute atomic E-state index is 10.6. The van der Waals surface area contributed by atoms with Gasteiger partial charge in [-0.1, -0.05) is 5.10 Å². The average Bonchev–Trinajstić information content (AvgIpc) is 2.97. The van der Waals surface area contributed by atoms with Gasteiger partial charge >= 0.3 is 6.01 Å². The van der Waals surface area contributed by atoms with E-state index in [0.717, 1.165) is 25.9 Å². The second-order valence-electron chi connectivity index (χ2n) is 4.90. The quantitative estimate of drug-likeness (QED) is 0.656. The lowest BCUT2D eigenvalue weighted by atomic mass is 9.98. The van der Waals surface area contributed by atoms with Gasteiger partial charge in [0.05, 0.1) is 4.92 Å². The molecule has 1 aliphatic rings. The van der Waals surface area contributed by atoms with Crippen LogP contribution >= 0.6 is 0 Å². The molecule has 2 N–H and O–H groups in total. The lowest BCUT2D eigenvalue weighted by Gasteiger charge is -2.18. The Labute approximate surface area is 120 Å². The minimum absolute atomic E-state index is 0.0430. The van der Waals surface area contributed by atoms with E-state index in [1.165, 1.54) is 12.1 Å². The van der Waals surface area contributed by atoms with Crippen molar-refractivity contribution in [1.82, 2.24) is 15.5 Å². The number of nitrogens with zero attached hydrogens (tertiary/aromatic N) is 3. The summed E-state index contributed by atoms with van der Waals surface area (Å²) in [7, 11) is 0. The minimum Gasteiger partial charge on any atom is -0.408 e. The van der Waals surface area contributed by atoms with Gasteiger partial charge in [0.1, 0.15) is 0 Å². The summed E-state index contributed by atoms with van der Waals surface area (Å²) in [6.45, 7) is 1.91. The molecule has 8 nitrogen and oxygen atoms in total. The molecule has 8 heteroatoms. The van der Waals surface area contributed by atoms with Gasteiger partial charge in [0.25, 0.3) is 5.69 Å². The Kier molecular flexibility index (Phi) is 3.78. The van der Waals surface area contributed by atoms with Crippen LogP contribution in [0.1, 0.15) is 24.7 Å². The van der Waals surface area contributed by atoms with Crippen molar-refractivity contribution >= 4 is 17.4 Å². The highest BCUT2D eigenvalue weighted by Gasteiger charge is 2.21. The number of hydrogen-bond donors (Lipinski definition) is 2. The Hall–Kier alpha value is -2.48. The zero-order chi connectivity index (χ0) is 14.7. The lowest BCUT2D eigenvalue weighted by Crippen LogP contribution is -2.26. The van der Waals surface area contributed by atoms with Gasteiger partial charge in [0, 0.05) is 23.7 Å². The molecule has 21 heavy (non-hydrogen) atoms. The SMILES string of the molecule is O=[N+]([O-])c1ccc(Nc2nnc(C3CCNCC3)o2)cc1. The Morgan fingerprint density at radius 1 is 1.24 bits per heavy atom. The molecule has 0 unspecified atom stereocenters. The Morgan fingerprint density at radius 3 is 2.62 bits per heavy atom. The van der Waals surface area contributed by atoms with Crippen LogP contribution in [0, 0.1) is 10.1 Å². The number of nitro groups is 1. The van der Waals surface area contributed by atoms with Gasteiger partial charge in [0.15, 0.2) is 0 Å². The minimum atomic E-state index is -0.439. The first-order valence-corrected chi connectivity index (χ1v) is 6.78. The van der Waals surface area contributed by atoms with E-state index in [0.29, 0.717) is 23.5 Å². The molecule has 0 aliphatic carbocycles. The maximum atomic E-state index is 10.6. The van der Waals surface area contributed by atoms with Gasteiger partial charge in [-0.3, -0.25) is 10.1 Å². The fraction of sp³-hybridized carbons (Fsp3) is 0.385. The first-order chi connectivity index (χ1) is 10.2. The first-order valence-electron chi connectivity index (χ1n) is 6.78. The first kappa shape index (κ1) is 13.5. The van der Waals surface area contributed by atoms with E-state index in [1.54, 1.807) is 12.1 Å². The molecule has 0 bridgehead atoms. The number of piperidine rings is 1. The van der Waals surface area contributed by atoms with Gasteiger partial charge in [-0.15, -0.1) is 5.10 Å². The van der Waals surface area contributed by atoms with Crippen molar-refractivity contribution < 1.29 is 9.34 Å². The molecule has 1 fully saturated rings. The summed E-state index contributed by atoms with van der Waals surface area (Å²) >= 11 is 0. The average molecular weight is 289 g/mol. The predicted octanol–water partition coefficient (Wildman–Crippen LogP) is 2.19. The Morgan fingerprint density at radius 2 is 1.95 bits per heavy atom. The Bertz CT molecular complexity index is 619. The van der Waals surface area contributed by atoms with Crippen molar-refractivity contribution in [1.29, 1.82) is 0 Å². The van der Waals surface area contributed by atoms with Crippen LogP contribution < -0.4 is 10.6 Å². The van der Waals surface area contributed by atoms with Crippen LogP contribution in [0.5, 0.6) is 0 Å². The molecule has 1 aromatic carbocycles. The monoisotopic (exact) mass is 289 g/mol. The highest BCUT2D eigenvalue weighted by molar-refractivity contribution is 5.54. The molecular weight excluding hydrogens is 274 g/mol. The number of nitrogens with one attached hydrogen (secondary N) is 2. The van der Waals surface area contributed by atoms with E-state index < -0.39 is 4.92 Å². The zero-order valence-electron chi connectivity index (χ0n) is 11.3. The van der Waals surface area contributed by atoms with Gasteiger partial charge in [-0.05, 0) is 38.1 Å². The van der Waals surface area contributed by atoms with Crippen LogP contribution in [0.15, 0.2) is 28.7 Å². The number of anilines is 2. The van der Waals surface area contributed by atoms with E-state index in [9.17, 15) is 10.1 Å².